The van der Waals surface area contributed by atoms with Gasteiger partial charge in [0.05, 0.1) is 6.61 Å². The summed E-state index contributed by atoms with van der Waals surface area (Å²) in [6, 6.07) is -0.0736. The fraction of sp³-hybridized carbons (Fsp3) is 0.909. The van der Waals surface area contributed by atoms with Crippen molar-refractivity contribution >= 4 is 5.97 Å². The number of fused-ring (bicyclic) bond motifs is 1. The molecular formula is C11H20N2O2. The van der Waals surface area contributed by atoms with E-state index in [1.54, 1.807) is 0 Å². The first-order valence-electron chi connectivity index (χ1n) is 5.83. The summed E-state index contributed by atoms with van der Waals surface area (Å²) in [5.74, 6) is 1.40. The molecule has 0 aliphatic carbocycles. The predicted octanol–water partition coefficient (Wildman–Crippen LogP) is 0.0892. The fourth-order valence-corrected chi connectivity index (χ4v) is 2.62. The Kier molecular flexibility index (Phi) is 3.26. The number of esters is 1. The maximum absolute atomic E-state index is 11.6. The van der Waals surface area contributed by atoms with Crippen LogP contribution in [0.4, 0.5) is 0 Å². The number of carbonyl (C=O) groups is 1. The molecule has 2 aliphatic rings. The lowest BCUT2D eigenvalue weighted by Gasteiger charge is -2.23. The van der Waals surface area contributed by atoms with E-state index in [4.69, 9.17) is 4.74 Å². The van der Waals surface area contributed by atoms with E-state index in [9.17, 15) is 4.79 Å². The maximum Gasteiger partial charge on any atom is 0.323 e. The Balaban J connectivity index is 1.87. The van der Waals surface area contributed by atoms with E-state index in [1.165, 1.54) is 0 Å². The van der Waals surface area contributed by atoms with Crippen molar-refractivity contribution in [2.45, 2.75) is 19.9 Å². The van der Waals surface area contributed by atoms with Crippen LogP contribution in [0.5, 0.6) is 0 Å². The summed E-state index contributed by atoms with van der Waals surface area (Å²) in [4.78, 5) is 13.8. The van der Waals surface area contributed by atoms with Gasteiger partial charge in [-0.25, -0.2) is 0 Å². The Hall–Kier alpha value is -0.610. The van der Waals surface area contributed by atoms with Crippen LogP contribution in [0.3, 0.4) is 0 Å². The molecule has 0 bridgehead atoms. The van der Waals surface area contributed by atoms with E-state index in [2.05, 4.69) is 10.2 Å². The fourth-order valence-electron chi connectivity index (χ4n) is 2.62. The molecule has 1 unspecified atom stereocenters. The number of hydrogen-bond acceptors (Lipinski definition) is 4. The van der Waals surface area contributed by atoms with Crippen LogP contribution in [-0.2, 0) is 9.53 Å². The zero-order valence-corrected chi connectivity index (χ0v) is 9.53. The third-order valence-electron chi connectivity index (χ3n) is 3.59. The lowest BCUT2D eigenvalue weighted by molar-refractivity contribution is -0.148. The molecule has 2 rings (SSSR count). The summed E-state index contributed by atoms with van der Waals surface area (Å²) >= 11 is 0. The third kappa shape index (κ3) is 2.16. The van der Waals surface area contributed by atoms with Crippen LogP contribution in [0.25, 0.3) is 0 Å². The molecule has 0 aromatic carbocycles. The Labute approximate surface area is 91.0 Å². The van der Waals surface area contributed by atoms with E-state index in [0.29, 0.717) is 6.61 Å². The van der Waals surface area contributed by atoms with Crippen LogP contribution >= 0.6 is 0 Å². The molecule has 15 heavy (non-hydrogen) atoms. The van der Waals surface area contributed by atoms with Crippen LogP contribution in [0.2, 0.25) is 0 Å². The van der Waals surface area contributed by atoms with E-state index in [0.717, 1.165) is 38.0 Å². The largest absolute Gasteiger partial charge is 0.465 e. The molecule has 0 aromatic heterocycles. The van der Waals surface area contributed by atoms with Crippen LogP contribution in [-0.4, -0.2) is 49.7 Å². The maximum atomic E-state index is 11.6. The molecule has 2 fully saturated rings. The number of ether oxygens (including phenoxy) is 1. The van der Waals surface area contributed by atoms with Gasteiger partial charge in [0.2, 0.25) is 0 Å². The smallest absolute Gasteiger partial charge is 0.323 e. The van der Waals surface area contributed by atoms with Crippen LogP contribution in [0, 0.1) is 11.8 Å². The summed E-state index contributed by atoms with van der Waals surface area (Å²) in [7, 11) is 0. The second-order valence-corrected chi connectivity index (χ2v) is 4.56. The molecule has 2 heterocycles. The number of carbonyl (C=O) groups excluding carboxylic acids is 1. The van der Waals surface area contributed by atoms with Crippen molar-refractivity contribution in [2.24, 2.45) is 11.8 Å². The minimum Gasteiger partial charge on any atom is -0.465 e. The Morgan fingerprint density at radius 1 is 1.47 bits per heavy atom. The summed E-state index contributed by atoms with van der Waals surface area (Å²) in [6.45, 7) is 8.58. The topological polar surface area (TPSA) is 41.6 Å². The summed E-state index contributed by atoms with van der Waals surface area (Å²) in [5.41, 5.74) is 0. The minimum absolute atomic E-state index is 0.0736. The van der Waals surface area contributed by atoms with Crippen molar-refractivity contribution in [2.75, 3.05) is 32.8 Å². The first-order chi connectivity index (χ1) is 7.22. The molecule has 0 aromatic rings. The first-order valence-corrected chi connectivity index (χ1v) is 5.83. The van der Waals surface area contributed by atoms with Crippen molar-refractivity contribution in [1.29, 1.82) is 0 Å². The number of nitrogens with zero attached hydrogens (tertiary/aromatic N) is 1. The molecule has 1 N–H and O–H groups in total. The molecule has 0 amide bonds. The molecule has 3 atom stereocenters. The lowest BCUT2D eigenvalue weighted by Crippen LogP contribution is -2.40. The normalized spacial score (nSPS) is 32.7. The average molecular weight is 212 g/mol. The lowest BCUT2D eigenvalue weighted by atomic mass is 10.0. The van der Waals surface area contributed by atoms with Gasteiger partial charge in [-0.2, -0.15) is 0 Å². The Morgan fingerprint density at radius 2 is 2.07 bits per heavy atom. The molecule has 4 heteroatoms. The number of likely N-dealkylation sites (tertiary alicyclic amines) is 1. The van der Waals surface area contributed by atoms with Gasteiger partial charge in [-0.1, -0.05) is 0 Å². The Morgan fingerprint density at radius 3 is 2.60 bits per heavy atom. The molecular weight excluding hydrogens is 192 g/mol. The minimum atomic E-state index is -0.0783. The predicted molar refractivity (Wildman–Crippen MR) is 57.5 cm³/mol. The van der Waals surface area contributed by atoms with Gasteiger partial charge in [-0.15, -0.1) is 0 Å². The van der Waals surface area contributed by atoms with E-state index in [1.807, 2.05) is 13.8 Å². The number of hydrogen-bond donors (Lipinski definition) is 1. The molecule has 0 saturated carbocycles. The molecule has 86 valence electrons. The molecule has 2 aliphatic heterocycles. The van der Waals surface area contributed by atoms with Crippen molar-refractivity contribution < 1.29 is 9.53 Å². The summed E-state index contributed by atoms with van der Waals surface area (Å²) in [5, 5.41) is 3.40. The van der Waals surface area contributed by atoms with E-state index in [-0.39, 0.29) is 12.0 Å². The highest BCUT2D eigenvalue weighted by Crippen LogP contribution is 2.27. The highest BCUT2D eigenvalue weighted by molar-refractivity contribution is 5.75. The van der Waals surface area contributed by atoms with E-state index >= 15 is 0 Å². The van der Waals surface area contributed by atoms with Gasteiger partial charge in [0.25, 0.3) is 0 Å². The summed E-state index contributed by atoms with van der Waals surface area (Å²) < 4.78 is 5.04. The SMILES string of the molecule is CCOC(=O)C(C)N1C[C@H]2CNC[C@H]2C1. The van der Waals surface area contributed by atoms with Crippen LogP contribution < -0.4 is 5.32 Å². The van der Waals surface area contributed by atoms with E-state index < -0.39 is 0 Å². The highest BCUT2D eigenvalue weighted by Gasteiger charge is 2.39. The standard InChI is InChI=1S/C11H20N2O2/c1-3-15-11(14)8(2)13-6-9-4-12-5-10(9)7-13/h8-10,12H,3-7H2,1-2H3/t8?,9-,10+. The second-order valence-electron chi connectivity index (χ2n) is 4.56. The van der Waals surface area contributed by atoms with Crippen molar-refractivity contribution in [3.8, 4) is 0 Å². The third-order valence-corrected chi connectivity index (χ3v) is 3.59. The van der Waals surface area contributed by atoms with Gasteiger partial charge in [0.15, 0.2) is 0 Å². The van der Waals surface area contributed by atoms with Crippen LogP contribution in [0.1, 0.15) is 13.8 Å². The average Bonchev–Trinajstić information content (AvgIpc) is 2.75. The van der Waals surface area contributed by atoms with Gasteiger partial charge in [0, 0.05) is 13.1 Å². The second kappa shape index (κ2) is 4.49. The van der Waals surface area contributed by atoms with Gasteiger partial charge in [0.1, 0.15) is 6.04 Å². The quantitative estimate of drug-likeness (QED) is 0.673. The molecule has 0 spiro atoms. The zero-order valence-electron chi connectivity index (χ0n) is 9.53. The number of rotatable bonds is 3. The van der Waals surface area contributed by atoms with Crippen LogP contribution in [0.15, 0.2) is 0 Å². The summed E-state index contributed by atoms with van der Waals surface area (Å²) in [6.07, 6.45) is 0. The van der Waals surface area contributed by atoms with Crippen molar-refractivity contribution in [3.63, 3.8) is 0 Å². The number of nitrogens with one attached hydrogen (secondary N) is 1. The first kappa shape index (κ1) is 10.9. The van der Waals surface area contributed by atoms with Gasteiger partial charge >= 0.3 is 5.97 Å². The van der Waals surface area contributed by atoms with Crippen molar-refractivity contribution in [1.82, 2.24) is 10.2 Å². The molecule has 2 saturated heterocycles. The van der Waals surface area contributed by atoms with Crippen molar-refractivity contribution in [3.05, 3.63) is 0 Å². The molecule has 0 radical (unpaired) electrons. The molecule has 4 nitrogen and oxygen atoms in total. The van der Waals surface area contributed by atoms with Gasteiger partial charge < -0.3 is 10.1 Å². The zero-order chi connectivity index (χ0) is 10.8. The van der Waals surface area contributed by atoms with Gasteiger partial charge in [-0.3, -0.25) is 9.69 Å². The highest BCUT2D eigenvalue weighted by atomic mass is 16.5. The van der Waals surface area contributed by atoms with Gasteiger partial charge in [-0.05, 0) is 38.8 Å². The Bertz CT molecular complexity index is 233. The monoisotopic (exact) mass is 212 g/mol.